The Balaban J connectivity index is 3.92. The number of nitrogens with one attached hydrogen (secondary N) is 1. The van der Waals surface area contributed by atoms with E-state index in [1.807, 2.05) is 0 Å². The van der Waals surface area contributed by atoms with Crippen molar-refractivity contribution in [1.29, 1.82) is 0 Å². The second-order valence-corrected chi connectivity index (χ2v) is 3.24. The van der Waals surface area contributed by atoms with Crippen LogP contribution >= 0.6 is 11.8 Å². The number of hydrogen-bond acceptors (Lipinski definition) is 2. The molecule has 1 atom stereocenters. The van der Waals surface area contributed by atoms with E-state index in [2.05, 4.69) is 5.32 Å². The zero-order valence-electron chi connectivity index (χ0n) is 6.73. The van der Waals surface area contributed by atoms with E-state index in [1.165, 1.54) is 13.2 Å². The smallest absolute Gasteiger partial charge is 0.355 e. The zero-order chi connectivity index (χ0) is 9.78. The lowest BCUT2D eigenvalue weighted by Crippen LogP contribution is -2.37. The Bertz CT molecular complexity index is 159. The van der Waals surface area contributed by atoms with E-state index < -0.39 is 17.3 Å². The van der Waals surface area contributed by atoms with E-state index >= 15 is 0 Å². The van der Waals surface area contributed by atoms with Gasteiger partial charge >= 0.3 is 6.18 Å². The number of carbonyl (C=O) groups excluding carboxylic acids is 1. The molecule has 0 saturated carbocycles. The first-order valence-corrected chi connectivity index (χ1v) is 4.50. The van der Waals surface area contributed by atoms with Crippen LogP contribution in [0.3, 0.4) is 0 Å². The third-order valence-electron chi connectivity index (χ3n) is 1.19. The fourth-order valence-electron chi connectivity index (χ4n) is 0.569. The summed E-state index contributed by atoms with van der Waals surface area (Å²) in [4.78, 5) is 10.3. The number of rotatable bonds is 3. The molecule has 1 N–H and O–H groups in total. The molecular formula is C6H10F3NOS. The summed E-state index contributed by atoms with van der Waals surface area (Å²) in [6, 6.07) is 0. The summed E-state index contributed by atoms with van der Waals surface area (Å²) in [6.45, 7) is 0.827. The Morgan fingerprint density at radius 1 is 1.58 bits per heavy atom. The largest absolute Gasteiger partial charge is 0.402 e. The van der Waals surface area contributed by atoms with E-state index in [1.54, 1.807) is 0 Å². The van der Waals surface area contributed by atoms with E-state index in [0.29, 0.717) is 11.8 Å². The molecule has 0 aromatic carbocycles. The molecule has 6 heteroatoms. The lowest BCUT2D eigenvalue weighted by atomic mass is 10.4. The minimum absolute atomic E-state index is 0.361. The Morgan fingerprint density at radius 2 is 2.08 bits per heavy atom. The minimum Gasteiger partial charge on any atom is -0.355 e. The number of amides is 1. The fourth-order valence-corrected chi connectivity index (χ4v) is 1.09. The maximum atomic E-state index is 12.0. The molecular weight excluding hydrogens is 191 g/mol. The molecule has 0 aromatic heterocycles. The van der Waals surface area contributed by atoms with Crippen molar-refractivity contribution in [3.05, 3.63) is 0 Å². The van der Waals surface area contributed by atoms with Crippen LogP contribution in [0.4, 0.5) is 13.2 Å². The molecule has 0 radical (unpaired) electrons. The quantitative estimate of drug-likeness (QED) is 0.748. The molecule has 1 unspecified atom stereocenters. The van der Waals surface area contributed by atoms with Gasteiger partial charge in [-0.15, -0.1) is 0 Å². The van der Waals surface area contributed by atoms with Crippen molar-refractivity contribution in [2.75, 3.05) is 12.8 Å². The van der Waals surface area contributed by atoms with Gasteiger partial charge in [-0.05, 0) is 6.26 Å². The van der Waals surface area contributed by atoms with E-state index in [4.69, 9.17) is 0 Å². The monoisotopic (exact) mass is 201 g/mol. The Morgan fingerprint density at radius 3 is 2.33 bits per heavy atom. The highest BCUT2D eigenvalue weighted by Crippen LogP contribution is 2.28. The van der Waals surface area contributed by atoms with Gasteiger partial charge < -0.3 is 5.32 Å². The molecule has 12 heavy (non-hydrogen) atoms. The van der Waals surface area contributed by atoms with Crippen LogP contribution in [-0.2, 0) is 4.79 Å². The van der Waals surface area contributed by atoms with Crippen molar-refractivity contribution >= 4 is 17.7 Å². The molecule has 0 spiro atoms. The molecule has 2 nitrogen and oxygen atoms in total. The summed E-state index contributed by atoms with van der Waals surface area (Å²) in [7, 11) is 0. The van der Waals surface area contributed by atoms with Gasteiger partial charge in [-0.1, -0.05) is 0 Å². The van der Waals surface area contributed by atoms with Gasteiger partial charge in [-0.3, -0.25) is 4.79 Å². The van der Waals surface area contributed by atoms with Crippen LogP contribution in [-0.4, -0.2) is 30.1 Å². The summed E-state index contributed by atoms with van der Waals surface area (Å²) in [6.07, 6.45) is -2.89. The summed E-state index contributed by atoms with van der Waals surface area (Å²) < 4.78 is 36.0. The van der Waals surface area contributed by atoms with Gasteiger partial charge in [0, 0.05) is 13.5 Å². The highest BCUT2D eigenvalue weighted by molar-refractivity contribution is 7.99. The highest BCUT2D eigenvalue weighted by atomic mass is 32.2. The van der Waals surface area contributed by atoms with Crippen LogP contribution in [0, 0.1) is 0 Å². The third-order valence-corrected chi connectivity index (χ3v) is 2.19. The van der Waals surface area contributed by atoms with Crippen molar-refractivity contribution in [2.24, 2.45) is 0 Å². The van der Waals surface area contributed by atoms with E-state index in [-0.39, 0.29) is 6.54 Å². The van der Waals surface area contributed by atoms with Gasteiger partial charge in [0.2, 0.25) is 5.91 Å². The van der Waals surface area contributed by atoms with Crippen LogP contribution in [0.15, 0.2) is 0 Å². The topological polar surface area (TPSA) is 29.1 Å². The lowest BCUT2D eigenvalue weighted by molar-refractivity contribution is -0.130. The molecule has 72 valence electrons. The second-order valence-electron chi connectivity index (χ2n) is 2.20. The number of halogens is 3. The van der Waals surface area contributed by atoms with Crippen molar-refractivity contribution in [2.45, 2.75) is 18.3 Å². The fraction of sp³-hybridized carbons (Fsp3) is 0.833. The first-order chi connectivity index (χ1) is 5.38. The third kappa shape index (κ3) is 4.48. The lowest BCUT2D eigenvalue weighted by Gasteiger charge is -2.17. The average molecular weight is 201 g/mol. The van der Waals surface area contributed by atoms with Crippen molar-refractivity contribution in [3.8, 4) is 0 Å². The standard InChI is InChI=1S/C6H10F3NOS/c1-4(11)10-3-5(12-2)6(7,8)9/h5H,3H2,1-2H3,(H,10,11). The minimum atomic E-state index is -4.25. The molecule has 0 aliphatic rings. The predicted molar refractivity (Wildman–Crippen MR) is 42.0 cm³/mol. The van der Waals surface area contributed by atoms with Gasteiger partial charge in [0.15, 0.2) is 0 Å². The van der Waals surface area contributed by atoms with Crippen LogP contribution < -0.4 is 5.32 Å². The second kappa shape index (κ2) is 4.59. The van der Waals surface area contributed by atoms with Crippen LogP contribution in [0.2, 0.25) is 0 Å². The molecule has 0 aliphatic carbocycles. The first-order valence-electron chi connectivity index (χ1n) is 3.22. The predicted octanol–water partition coefficient (Wildman–Crippen LogP) is 1.42. The maximum Gasteiger partial charge on any atom is 0.402 e. The molecule has 0 saturated heterocycles. The van der Waals surface area contributed by atoms with Crippen LogP contribution in [0.1, 0.15) is 6.92 Å². The van der Waals surface area contributed by atoms with E-state index in [9.17, 15) is 18.0 Å². The molecule has 0 aromatic rings. The zero-order valence-corrected chi connectivity index (χ0v) is 7.55. The number of carbonyl (C=O) groups is 1. The Labute approximate surface area is 72.9 Å². The molecule has 0 aliphatic heterocycles. The van der Waals surface area contributed by atoms with Gasteiger partial charge in [0.05, 0.1) is 0 Å². The molecule has 0 rings (SSSR count). The number of alkyl halides is 3. The van der Waals surface area contributed by atoms with Crippen LogP contribution in [0.5, 0.6) is 0 Å². The maximum absolute atomic E-state index is 12.0. The Kier molecular flexibility index (Phi) is 4.44. The molecule has 0 bridgehead atoms. The van der Waals surface area contributed by atoms with Crippen molar-refractivity contribution < 1.29 is 18.0 Å². The number of hydrogen-bond donors (Lipinski definition) is 1. The summed E-state index contributed by atoms with van der Waals surface area (Å²) in [5.74, 6) is -0.446. The summed E-state index contributed by atoms with van der Waals surface area (Å²) in [5, 5.41) is 0.611. The van der Waals surface area contributed by atoms with Crippen LogP contribution in [0.25, 0.3) is 0 Å². The summed E-state index contributed by atoms with van der Waals surface area (Å²) >= 11 is 0.679. The van der Waals surface area contributed by atoms with Crippen molar-refractivity contribution in [1.82, 2.24) is 5.32 Å². The van der Waals surface area contributed by atoms with Gasteiger partial charge in [-0.25, -0.2) is 0 Å². The molecule has 0 fully saturated rings. The SMILES string of the molecule is CSC(CNC(C)=O)C(F)(F)F. The van der Waals surface area contributed by atoms with Crippen molar-refractivity contribution in [3.63, 3.8) is 0 Å². The summed E-state index contributed by atoms with van der Waals surface area (Å²) in [5.41, 5.74) is 0. The van der Waals surface area contributed by atoms with E-state index in [0.717, 1.165) is 0 Å². The molecule has 1 amide bonds. The highest BCUT2D eigenvalue weighted by Gasteiger charge is 2.38. The van der Waals surface area contributed by atoms with Gasteiger partial charge in [0.1, 0.15) is 5.25 Å². The average Bonchev–Trinajstić information content (AvgIpc) is 1.85. The van der Waals surface area contributed by atoms with Gasteiger partial charge in [0.25, 0.3) is 0 Å². The normalized spacial score (nSPS) is 14.1. The van der Waals surface area contributed by atoms with Gasteiger partial charge in [-0.2, -0.15) is 24.9 Å². The Hall–Kier alpha value is -0.390. The number of thioether (sulfide) groups is 1. The molecule has 0 heterocycles. The first kappa shape index (κ1) is 11.6.